The quantitative estimate of drug-likeness (QED) is 0.884. The topological polar surface area (TPSA) is 80.5 Å². The molecule has 6 nitrogen and oxygen atoms in total. The van der Waals surface area contributed by atoms with E-state index in [0.29, 0.717) is 25.4 Å². The molecule has 2 heterocycles. The van der Waals surface area contributed by atoms with Crippen molar-refractivity contribution in [3.8, 4) is 0 Å². The molecule has 0 unspecified atom stereocenters. The highest BCUT2D eigenvalue weighted by molar-refractivity contribution is 5.67. The summed E-state index contributed by atoms with van der Waals surface area (Å²) < 4.78 is 5.00. The Morgan fingerprint density at radius 1 is 1.50 bits per heavy atom. The minimum Gasteiger partial charge on any atom is -0.450 e. The highest BCUT2D eigenvalue weighted by Crippen LogP contribution is 2.20. The molecule has 6 heteroatoms. The number of hydrogen-bond acceptors (Lipinski definition) is 5. The molecule has 0 aliphatic carbocycles. The SMILES string of the molecule is CCOC(=O)N1CCC(Nc2nc(C)ccc2N)CC1. The maximum absolute atomic E-state index is 11.6. The number of carbonyl (C=O) groups excluding carboxylic acids is 1. The van der Waals surface area contributed by atoms with Crippen LogP contribution in [0.15, 0.2) is 12.1 Å². The number of rotatable bonds is 3. The number of nitrogens with one attached hydrogen (secondary N) is 1. The van der Waals surface area contributed by atoms with Gasteiger partial charge in [-0.3, -0.25) is 0 Å². The third-order valence-electron chi connectivity index (χ3n) is 3.43. The van der Waals surface area contributed by atoms with Crippen LogP contribution in [0.25, 0.3) is 0 Å². The Labute approximate surface area is 119 Å². The Bertz CT molecular complexity index is 470. The molecule has 1 aliphatic heterocycles. The van der Waals surface area contributed by atoms with Gasteiger partial charge in [-0.1, -0.05) is 0 Å². The lowest BCUT2D eigenvalue weighted by molar-refractivity contribution is 0.0983. The maximum atomic E-state index is 11.6. The number of anilines is 2. The van der Waals surface area contributed by atoms with Gasteiger partial charge in [0.15, 0.2) is 0 Å². The van der Waals surface area contributed by atoms with Crippen molar-refractivity contribution in [3.63, 3.8) is 0 Å². The van der Waals surface area contributed by atoms with Crippen molar-refractivity contribution in [3.05, 3.63) is 17.8 Å². The zero-order valence-corrected chi connectivity index (χ0v) is 12.1. The molecule has 0 bridgehead atoms. The van der Waals surface area contributed by atoms with Crippen molar-refractivity contribution in [1.29, 1.82) is 0 Å². The van der Waals surface area contributed by atoms with Gasteiger partial charge in [-0.25, -0.2) is 9.78 Å². The fourth-order valence-electron chi connectivity index (χ4n) is 2.30. The van der Waals surface area contributed by atoms with E-state index >= 15 is 0 Å². The Kier molecular flexibility index (Phi) is 4.65. The average Bonchev–Trinajstić information content (AvgIpc) is 2.44. The molecular weight excluding hydrogens is 256 g/mol. The third-order valence-corrected chi connectivity index (χ3v) is 3.43. The highest BCUT2D eigenvalue weighted by Gasteiger charge is 2.23. The number of aromatic nitrogens is 1. The van der Waals surface area contributed by atoms with Gasteiger partial charge < -0.3 is 20.7 Å². The van der Waals surface area contributed by atoms with Gasteiger partial charge in [-0.05, 0) is 38.8 Å². The molecule has 1 aromatic heterocycles. The fourth-order valence-corrected chi connectivity index (χ4v) is 2.30. The van der Waals surface area contributed by atoms with Crippen LogP contribution in [0.5, 0.6) is 0 Å². The number of carbonyl (C=O) groups is 1. The monoisotopic (exact) mass is 278 g/mol. The van der Waals surface area contributed by atoms with Crippen LogP contribution in [0.2, 0.25) is 0 Å². The summed E-state index contributed by atoms with van der Waals surface area (Å²) in [7, 11) is 0. The number of likely N-dealkylation sites (tertiary alicyclic amines) is 1. The summed E-state index contributed by atoms with van der Waals surface area (Å²) in [5.41, 5.74) is 7.50. The second-order valence-corrected chi connectivity index (χ2v) is 5.00. The zero-order chi connectivity index (χ0) is 14.5. The van der Waals surface area contributed by atoms with E-state index < -0.39 is 0 Å². The Hall–Kier alpha value is -1.98. The Morgan fingerprint density at radius 2 is 2.20 bits per heavy atom. The largest absolute Gasteiger partial charge is 0.450 e. The molecule has 0 spiro atoms. The summed E-state index contributed by atoms with van der Waals surface area (Å²) in [5.74, 6) is 0.736. The van der Waals surface area contributed by atoms with Gasteiger partial charge in [0.2, 0.25) is 0 Å². The predicted octanol–water partition coefficient (Wildman–Crippen LogP) is 2.01. The van der Waals surface area contributed by atoms with Crippen LogP contribution in [0.1, 0.15) is 25.5 Å². The molecule has 1 fully saturated rings. The lowest BCUT2D eigenvalue weighted by Gasteiger charge is -2.32. The van der Waals surface area contributed by atoms with Crippen molar-refractivity contribution in [1.82, 2.24) is 9.88 Å². The minimum atomic E-state index is -0.223. The summed E-state index contributed by atoms with van der Waals surface area (Å²) in [4.78, 5) is 17.8. The predicted molar refractivity (Wildman–Crippen MR) is 78.6 cm³/mol. The molecule has 1 aromatic rings. The number of nitrogen functional groups attached to an aromatic ring is 1. The number of aryl methyl sites for hydroxylation is 1. The molecule has 3 N–H and O–H groups in total. The van der Waals surface area contributed by atoms with E-state index in [1.165, 1.54) is 0 Å². The number of amides is 1. The summed E-state index contributed by atoms with van der Waals surface area (Å²) >= 11 is 0. The number of pyridine rings is 1. The molecule has 1 saturated heterocycles. The molecule has 0 saturated carbocycles. The van der Waals surface area contributed by atoms with Crippen molar-refractivity contribution in [2.75, 3.05) is 30.7 Å². The Morgan fingerprint density at radius 3 is 2.85 bits per heavy atom. The first-order valence-corrected chi connectivity index (χ1v) is 7.01. The van der Waals surface area contributed by atoms with Crippen LogP contribution >= 0.6 is 0 Å². The third kappa shape index (κ3) is 3.53. The first-order chi connectivity index (χ1) is 9.60. The van der Waals surface area contributed by atoms with Crippen molar-refractivity contribution < 1.29 is 9.53 Å². The van der Waals surface area contributed by atoms with Gasteiger partial charge in [0.25, 0.3) is 0 Å². The molecule has 1 amide bonds. The highest BCUT2D eigenvalue weighted by atomic mass is 16.6. The normalized spacial score (nSPS) is 16.0. The molecule has 110 valence electrons. The number of piperidine rings is 1. The fraction of sp³-hybridized carbons (Fsp3) is 0.571. The molecular formula is C14H22N4O2. The second-order valence-electron chi connectivity index (χ2n) is 5.00. The maximum Gasteiger partial charge on any atom is 0.409 e. The van der Waals surface area contributed by atoms with Crippen molar-refractivity contribution >= 4 is 17.6 Å². The number of hydrogen-bond donors (Lipinski definition) is 2. The number of ether oxygens (including phenoxy) is 1. The van der Waals surface area contributed by atoms with Crippen LogP contribution in [0, 0.1) is 6.92 Å². The van der Waals surface area contributed by atoms with Gasteiger partial charge in [0.05, 0.1) is 12.3 Å². The van der Waals surface area contributed by atoms with Crippen molar-refractivity contribution in [2.45, 2.75) is 32.7 Å². The van der Waals surface area contributed by atoms with E-state index in [0.717, 1.165) is 24.4 Å². The van der Waals surface area contributed by atoms with Crippen LogP contribution in [-0.4, -0.2) is 41.7 Å². The van der Waals surface area contributed by atoms with Gasteiger partial charge in [0.1, 0.15) is 5.82 Å². The van der Waals surface area contributed by atoms with E-state index in [-0.39, 0.29) is 12.1 Å². The second kappa shape index (κ2) is 6.45. The lowest BCUT2D eigenvalue weighted by atomic mass is 10.1. The molecule has 20 heavy (non-hydrogen) atoms. The van der Waals surface area contributed by atoms with Gasteiger partial charge in [-0.2, -0.15) is 0 Å². The first kappa shape index (κ1) is 14.4. The average molecular weight is 278 g/mol. The van der Waals surface area contributed by atoms with E-state index in [1.54, 1.807) is 4.90 Å². The van der Waals surface area contributed by atoms with Crippen LogP contribution < -0.4 is 11.1 Å². The summed E-state index contributed by atoms with van der Waals surface area (Å²) in [5, 5.41) is 3.37. The summed E-state index contributed by atoms with van der Waals surface area (Å²) in [6.45, 7) is 5.57. The van der Waals surface area contributed by atoms with E-state index in [1.807, 2.05) is 26.0 Å². The summed E-state index contributed by atoms with van der Waals surface area (Å²) in [6.07, 6.45) is 1.51. The van der Waals surface area contributed by atoms with Crippen LogP contribution in [0.3, 0.4) is 0 Å². The van der Waals surface area contributed by atoms with Gasteiger partial charge >= 0.3 is 6.09 Å². The zero-order valence-electron chi connectivity index (χ0n) is 12.1. The van der Waals surface area contributed by atoms with Crippen LogP contribution in [0.4, 0.5) is 16.3 Å². The van der Waals surface area contributed by atoms with E-state index in [4.69, 9.17) is 10.5 Å². The van der Waals surface area contributed by atoms with E-state index in [2.05, 4.69) is 10.3 Å². The smallest absolute Gasteiger partial charge is 0.409 e. The van der Waals surface area contributed by atoms with E-state index in [9.17, 15) is 4.79 Å². The lowest BCUT2D eigenvalue weighted by Crippen LogP contribution is -2.42. The molecule has 1 aliphatic rings. The summed E-state index contributed by atoms with van der Waals surface area (Å²) in [6, 6.07) is 4.04. The van der Waals surface area contributed by atoms with Gasteiger partial charge in [-0.15, -0.1) is 0 Å². The minimum absolute atomic E-state index is 0.223. The molecule has 0 atom stereocenters. The molecule has 2 rings (SSSR count). The van der Waals surface area contributed by atoms with Crippen LogP contribution in [-0.2, 0) is 4.74 Å². The number of nitrogens with zero attached hydrogens (tertiary/aromatic N) is 2. The van der Waals surface area contributed by atoms with Crippen molar-refractivity contribution in [2.24, 2.45) is 0 Å². The first-order valence-electron chi connectivity index (χ1n) is 7.01. The molecule has 0 aromatic carbocycles. The standard InChI is InChI=1S/C14H22N4O2/c1-3-20-14(19)18-8-6-11(7-9-18)17-13-12(15)5-4-10(2)16-13/h4-5,11H,3,6-9,15H2,1-2H3,(H,16,17). The molecule has 0 radical (unpaired) electrons. The number of nitrogens with two attached hydrogens (primary N) is 1. The Balaban J connectivity index is 1.88. The van der Waals surface area contributed by atoms with Gasteiger partial charge in [0, 0.05) is 24.8 Å².